The molecule has 0 aliphatic carbocycles. The summed E-state index contributed by atoms with van der Waals surface area (Å²) < 4.78 is 17.5. The summed E-state index contributed by atoms with van der Waals surface area (Å²) >= 11 is 0. The predicted octanol–water partition coefficient (Wildman–Crippen LogP) is 3.90. The molecule has 0 spiro atoms. The van der Waals surface area contributed by atoms with Crippen LogP contribution in [0.2, 0.25) is 0 Å². The topological polar surface area (TPSA) is 43.4 Å². The number of ether oxygens (including phenoxy) is 1. The van der Waals surface area contributed by atoms with E-state index >= 15 is 0 Å². The van der Waals surface area contributed by atoms with E-state index < -0.39 is 7.14 Å². The average molecular weight is 262 g/mol. The maximum atomic E-state index is 12.4. The van der Waals surface area contributed by atoms with Gasteiger partial charge in [-0.3, -0.25) is 4.79 Å². The van der Waals surface area contributed by atoms with Crippen LogP contribution in [0.15, 0.2) is 0 Å². The zero-order valence-corrected chi connectivity index (χ0v) is 12.4. The predicted molar refractivity (Wildman–Crippen MR) is 73.3 cm³/mol. The van der Waals surface area contributed by atoms with Crippen LogP contribution in [-0.2, 0) is 14.1 Å². The average Bonchev–Trinajstić information content (AvgIpc) is 2.28. The highest BCUT2D eigenvalue weighted by Crippen LogP contribution is 2.47. The van der Waals surface area contributed by atoms with Crippen LogP contribution in [-0.4, -0.2) is 31.1 Å². The van der Waals surface area contributed by atoms with Gasteiger partial charge in [0.2, 0.25) is 0 Å². The highest BCUT2D eigenvalue weighted by atomic mass is 31.2. The van der Waals surface area contributed by atoms with Crippen molar-refractivity contribution in [2.75, 3.05) is 25.1 Å². The number of hydrogen-bond acceptors (Lipinski definition) is 3. The lowest BCUT2D eigenvalue weighted by Crippen LogP contribution is -2.10. The molecule has 17 heavy (non-hydrogen) atoms. The van der Waals surface area contributed by atoms with Crippen molar-refractivity contribution in [2.24, 2.45) is 0 Å². The fraction of sp³-hybridized carbons (Fsp3) is 0.923. The van der Waals surface area contributed by atoms with Crippen molar-refractivity contribution >= 4 is 13.1 Å². The zero-order chi connectivity index (χ0) is 13.1. The normalized spacial score (nSPS) is 11.5. The largest absolute Gasteiger partial charge is 0.466 e. The van der Waals surface area contributed by atoms with Crippen molar-refractivity contribution in [2.45, 2.75) is 52.9 Å². The third-order valence-electron chi connectivity index (χ3n) is 2.75. The van der Waals surface area contributed by atoms with Crippen molar-refractivity contribution in [1.29, 1.82) is 0 Å². The SMILES string of the molecule is CCCCOC(=O)CCP(=O)(CCC)CCC. The van der Waals surface area contributed by atoms with Gasteiger partial charge in [-0.2, -0.15) is 0 Å². The minimum atomic E-state index is -2.11. The quantitative estimate of drug-likeness (QED) is 0.340. The van der Waals surface area contributed by atoms with Crippen LogP contribution >= 0.6 is 7.14 Å². The lowest BCUT2D eigenvalue weighted by Gasteiger charge is -2.16. The van der Waals surface area contributed by atoms with Gasteiger partial charge in [-0.1, -0.05) is 27.2 Å². The van der Waals surface area contributed by atoms with Gasteiger partial charge in [-0.05, 0) is 19.3 Å². The van der Waals surface area contributed by atoms with Gasteiger partial charge < -0.3 is 9.30 Å². The molecule has 0 radical (unpaired) electrons. The standard InChI is InChI=1S/C13H27O3P/c1-4-7-9-16-13(14)8-12-17(15,10-5-2)11-6-3/h4-12H2,1-3H3. The number of carbonyl (C=O) groups is 1. The molecule has 0 aromatic carbocycles. The van der Waals surface area contributed by atoms with Gasteiger partial charge in [-0.25, -0.2) is 0 Å². The Bertz CT molecular complexity index is 241. The maximum absolute atomic E-state index is 12.4. The van der Waals surface area contributed by atoms with Crippen LogP contribution in [0.25, 0.3) is 0 Å². The Balaban J connectivity index is 3.95. The molecule has 0 unspecified atom stereocenters. The lowest BCUT2D eigenvalue weighted by molar-refractivity contribution is -0.143. The van der Waals surface area contributed by atoms with Crippen LogP contribution < -0.4 is 0 Å². The minimum Gasteiger partial charge on any atom is -0.466 e. The first-order valence-electron chi connectivity index (χ1n) is 6.80. The van der Waals surface area contributed by atoms with Crippen molar-refractivity contribution in [3.8, 4) is 0 Å². The molecular formula is C13H27O3P. The summed E-state index contributed by atoms with van der Waals surface area (Å²) in [6, 6.07) is 0. The van der Waals surface area contributed by atoms with E-state index in [2.05, 4.69) is 6.92 Å². The lowest BCUT2D eigenvalue weighted by atomic mass is 10.4. The van der Waals surface area contributed by atoms with Crippen molar-refractivity contribution in [1.82, 2.24) is 0 Å². The van der Waals surface area contributed by atoms with Crippen LogP contribution in [0, 0.1) is 0 Å². The molecule has 0 amide bonds. The molecule has 0 bridgehead atoms. The summed E-state index contributed by atoms with van der Waals surface area (Å²) in [4.78, 5) is 11.4. The molecule has 0 aromatic heterocycles. The van der Waals surface area contributed by atoms with E-state index in [0.29, 0.717) is 19.2 Å². The van der Waals surface area contributed by atoms with Gasteiger partial charge in [0.05, 0.1) is 20.2 Å². The van der Waals surface area contributed by atoms with Gasteiger partial charge in [0, 0.05) is 18.5 Å². The molecule has 3 nitrogen and oxygen atoms in total. The molecular weight excluding hydrogens is 235 g/mol. The first-order chi connectivity index (χ1) is 8.08. The first kappa shape index (κ1) is 16.7. The van der Waals surface area contributed by atoms with Gasteiger partial charge in [0.15, 0.2) is 0 Å². The molecule has 0 heterocycles. The van der Waals surface area contributed by atoms with E-state index in [9.17, 15) is 9.36 Å². The number of rotatable bonds is 10. The van der Waals surface area contributed by atoms with Crippen molar-refractivity contribution in [3.63, 3.8) is 0 Å². The van der Waals surface area contributed by atoms with Gasteiger partial charge in [0.1, 0.15) is 0 Å². The summed E-state index contributed by atoms with van der Waals surface area (Å²) in [5.41, 5.74) is 0. The Hall–Kier alpha value is -0.300. The Morgan fingerprint density at radius 3 is 2.06 bits per heavy atom. The highest BCUT2D eigenvalue weighted by molar-refractivity contribution is 7.63. The Labute approximate surface area is 106 Å². The van der Waals surface area contributed by atoms with Crippen LogP contribution in [0.5, 0.6) is 0 Å². The molecule has 0 saturated heterocycles. The monoisotopic (exact) mass is 262 g/mol. The van der Waals surface area contributed by atoms with Crippen LogP contribution in [0.3, 0.4) is 0 Å². The third kappa shape index (κ3) is 8.43. The number of carbonyl (C=O) groups excluding carboxylic acids is 1. The number of esters is 1. The second kappa shape index (κ2) is 9.70. The molecule has 4 heteroatoms. The number of unbranched alkanes of at least 4 members (excludes halogenated alkanes) is 1. The fourth-order valence-corrected chi connectivity index (χ4v) is 4.74. The first-order valence-corrected chi connectivity index (χ1v) is 9.07. The van der Waals surface area contributed by atoms with Crippen LogP contribution in [0.1, 0.15) is 52.9 Å². The van der Waals surface area contributed by atoms with Gasteiger partial charge in [0.25, 0.3) is 0 Å². The molecule has 0 aliphatic heterocycles. The van der Waals surface area contributed by atoms with Gasteiger partial charge in [-0.15, -0.1) is 0 Å². The van der Waals surface area contributed by atoms with E-state index in [1.165, 1.54) is 0 Å². The molecule has 102 valence electrons. The van der Waals surface area contributed by atoms with E-state index in [1.54, 1.807) is 0 Å². The number of hydrogen-bond donors (Lipinski definition) is 0. The Morgan fingerprint density at radius 2 is 1.59 bits per heavy atom. The molecule has 0 fully saturated rings. The third-order valence-corrected chi connectivity index (χ3v) is 6.31. The summed E-state index contributed by atoms with van der Waals surface area (Å²) in [6.45, 7) is 6.65. The smallest absolute Gasteiger partial charge is 0.306 e. The summed E-state index contributed by atoms with van der Waals surface area (Å²) in [7, 11) is -2.11. The van der Waals surface area contributed by atoms with Crippen molar-refractivity contribution < 1.29 is 14.1 Å². The second-order valence-corrected chi connectivity index (χ2v) is 8.01. The Morgan fingerprint density at radius 1 is 1.00 bits per heavy atom. The van der Waals surface area contributed by atoms with E-state index in [0.717, 1.165) is 38.0 Å². The fourth-order valence-electron chi connectivity index (χ4n) is 1.85. The van der Waals surface area contributed by atoms with E-state index in [1.807, 2.05) is 13.8 Å². The molecule has 0 rings (SSSR count). The molecule has 0 aliphatic rings. The maximum Gasteiger partial charge on any atom is 0.306 e. The molecule has 0 N–H and O–H groups in total. The summed E-state index contributed by atoms with van der Waals surface area (Å²) in [6.07, 6.45) is 6.18. The molecule has 0 aromatic rings. The van der Waals surface area contributed by atoms with Crippen molar-refractivity contribution in [3.05, 3.63) is 0 Å². The summed E-state index contributed by atoms with van der Waals surface area (Å²) in [5.74, 6) is -0.189. The second-order valence-electron chi connectivity index (χ2n) is 4.55. The molecule has 0 atom stereocenters. The van der Waals surface area contributed by atoms with E-state index in [4.69, 9.17) is 4.74 Å². The van der Waals surface area contributed by atoms with Gasteiger partial charge >= 0.3 is 5.97 Å². The van der Waals surface area contributed by atoms with E-state index in [-0.39, 0.29) is 5.97 Å². The summed E-state index contributed by atoms with van der Waals surface area (Å²) in [5, 5.41) is 0. The molecule has 0 saturated carbocycles. The Kier molecular flexibility index (Phi) is 9.53. The van der Waals surface area contributed by atoms with Crippen LogP contribution in [0.4, 0.5) is 0 Å². The minimum absolute atomic E-state index is 0.189. The highest BCUT2D eigenvalue weighted by Gasteiger charge is 2.21. The zero-order valence-electron chi connectivity index (χ0n) is 11.5.